The van der Waals surface area contributed by atoms with Gasteiger partial charge in [0.1, 0.15) is 18.6 Å². The van der Waals surface area contributed by atoms with E-state index in [4.69, 9.17) is 19.9 Å². The first-order valence-electron chi connectivity index (χ1n) is 15.3. The van der Waals surface area contributed by atoms with Gasteiger partial charge in [-0.1, -0.05) is 12.5 Å². The SMILES string of the molecule is CN(CCCCCC(=O)NCC(=O)NCCC(=O)NCc1cc(COC(N)=O)ccc1OC1CC(O)CC(C(=O)O)O1)C(=O)/C=C\C=O. The highest BCUT2D eigenvalue weighted by molar-refractivity contribution is 5.90. The largest absolute Gasteiger partial charge is 0.479 e. The first-order valence-corrected chi connectivity index (χ1v) is 15.3. The number of carbonyl (C=O) groups is 7. The number of carbonyl (C=O) groups excluding carboxylic acids is 6. The quantitative estimate of drug-likeness (QED) is 0.0587. The molecule has 0 spiro atoms. The predicted molar refractivity (Wildman–Crippen MR) is 167 cm³/mol. The summed E-state index contributed by atoms with van der Waals surface area (Å²) in [6.45, 7) is 0.00450. The number of likely N-dealkylation sites (N-methyl/N-ethyl adjacent to an activating group) is 1. The number of rotatable bonds is 20. The van der Waals surface area contributed by atoms with E-state index in [1.807, 2.05) is 0 Å². The summed E-state index contributed by atoms with van der Waals surface area (Å²) >= 11 is 0. The lowest BCUT2D eigenvalue weighted by atomic mass is 10.1. The van der Waals surface area contributed by atoms with E-state index in [-0.39, 0.29) is 69.5 Å². The molecule has 1 heterocycles. The molecular formula is C31H43N5O12. The maximum absolute atomic E-state index is 12.5. The third kappa shape index (κ3) is 15.5. The van der Waals surface area contributed by atoms with Crippen molar-refractivity contribution in [3.8, 4) is 5.75 Å². The van der Waals surface area contributed by atoms with Crippen molar-refractivity contribution in [2.75, 3.05) is 26.7 Å². The number of unbranched alkanes of at least 4 members (excludes halogenated alkanes) is 2. The summed E-state index contributed by atoms with van der Waals surface area (Å²) in [5.74, 6) is -2.51. The fourth-order valence-corrected chi connectivity index (χ4v) is 4.46. The van der Waals surface area contributed by atoms with E-state index in [0.29, 0.717) is 43.2 Å². The van der Waals surface area contributed by atoms with Crippen LogP contribution in [0.25, 0.3) is 0 Å². The van der Waals surface area contributed by atoms with Gasteiger partial charge in [0.2, 0.25) is 29.9 Å². The van der Waals surface area contributed by atoms with Crippen molar-refractivity contribution in [2.45, 2.75) is 76.6 Å². The number of aldehydes is 1. The molecule has 17 nitrogen and oxygen atoms in total. The van der Waals surface area contributed by atoms with Gasteiger partial charge >= 0.3 is 12.1 Å². The number of nitrogens with zero attached hydrogens (tertiary/aromatic N) is 1. The van der Waals surface area contributed by atoms with E-state index >= 15 is 0 Å². The molecule has 1 aliphatic heterocycles. The van der Waals surface area contributed by atoms with Gasteiger partial charge in [-0.25, -0.2) is 9.59 Å². The second-order valence-electron chi connectivity index (χ2n) is 10.9. The number of benzene rings is 1. The van der Waals surface area contributed by atoms with E-state index < -0.39 is 42.4 Å². The maximum Gasteiger partial charge on any atom is 0.404 e. The average molecular weight is 678 g/mol. The standard InChI is InChI=1S/C31H43N5O12/c1-36(28(42)7-5-13-37)12-4-2-3-6-25(39)35-18-27(41)33-11-10-26(40)34-17-21-14-20(19-46-31(32)45)8-9-23(21)47-29-16-22(38)15-24(48-29)30(43)44/h5,7-9,13-14,22,24,29,38H,2-4,6,10-12,15-19H2,1H3,(H2,32,45)(H,33,41)(H,34,40)(H,35,39)(H,43,44)/b7-5-. The Bertz CT molecular complexity index is 1320. The average Bonchev–Trinajstić information content (AvgIpc) is 3.04. The normalized spacial score (nSPS) is 17.2. The Balaban J connectivity index is 1.75. The van der Waals surface area contributed by atoms with Crippen molar-refractivity contribution in [2.24, 2.45) is 5.73 Å². The Morgan fingerprint density at radius 1 is 1.02 bits per heavy atom. The molecule has 0 saturated carbocycles. The summed E-state index contributed by atoms with van der Waals surface area (Å²) in [6, 6.07) is 4.69. The third-order valence-electron chi connectivity index (χ3n) is 6.99. The van der Waals surface area contributed by atoms with Crippen LogP contribution in [0.4, 0.5) is 4.79 Å². The molecule has 0 bridgehead atoms. The van der Waals surface area contributed by atoms with Crippen LogP contribution in [-0.4, -0.2) is 102 Å². The van der Waals surface area contributed by atoms with Crippen LogP contribution in [0.5, 0.6) is 5.75 Å². The number of carboxylic acid groups (broad SMARTS) is 1. The fraction of sp³-hybridized carbons (Fsp3) is 0.516. The molecule has 17 heteroatoms. The van der Waals surface area contributed by atoms with Crippen LogP contribution in [-0.2, 0) is 51.4 Å². The molecule has 48 heavy (non-hydrogen) atoms. The van der Waals surface area contributed by atoms with Gasteiger partial charge < -0.3 is 51.0 Å². The summed E-state index contributed by atoms with van der Waals surface area (Å²) in [5, 5.41) is 27.1. The highest BCUT2D eigenvalue weighted by Crippen LogP contribution is 2.27. The zero-order valence-electron chi connectivity index (χ0n) is 26.7. The Morgan fingerprint density at radius 3 is 2.48 bits per heavy atom. The van der Waals surface area contributed by atoms with Crippen LogP contribution in [0.2, 0.25) is 0 Å². The highest BCUT2D eigenvalue weighted by atomic mass is 16.7. The molecule has 7 N–H and O–H groups in total. The molecular weight excluding hydrogens is 634 g/mol. The lowest BCUT2D eigenvalue weighted by Gasteiger charge is -2.31. The number of allylic oxidation sites excluding steroid dienone is 1. The number of hydrogen-bond donors (Lipinski definition) is 6. The van der Waals surface area contributed by atoms with E-state index in [2.05, 4.69) is 16.0 Å². The minimum absolute atomic E-state index is 0.00492. The Morgan fingerprint density at radius 2 is 1.77 bits per heavy atom. The lowest BCUT2D eigenvalue weighted by molar-refractivity contribution is -0.195. The second kappa shape index (κ2) is 21.0. The van der Waals surface area contributed by atoms with Gasteiger partial charge in [-0.3, -0.25) is 24.0 Å². The van der Waals surface area contributed by atoms with Gasteiger partial charge in [0.15, 0.2) is 6.10 Å². The van der Waals surface area contributed by atoms with Gasteiger partial charge in [0.25, 0.3) is 0 Å². The molecule has 1 fully saturated rings. The van der Waals surface area contributed by atoms with Crippen LogP contribution in [0, 0.1) is 0 Å². The van der Waals surface area contributed by atoms with Gasteiger partial charge in [-0.15, -0.1) is 0 Å². The van der Waals surface area contributed by atoms with Crippen molar-refractivity contribution in [3.05, 3.63) is 41.5 Å². The van der Waals surface area contributed by atoms with Crippen LogP contribution in [0.1, 0.15) is 56.1 Å². The number of aliphatic hydroxyl groups is 1. The van der Waals surface area contributed by atoms with Crippen LogP contribution in [0.3, 0.4) is 0 Å². The van der Waals surface area contributed by atoms with Crippen LogP contribution in [0.15, 0.2) is 30.4 Å². The van der Waals surface area contributed by atoms with Gasteiger partial charge in [0.05, 0.1) is 12.6 Å². The summed E-state index contributed by atoms with van der Waals surface area (Å²) in [7, 11) is 1.62. The minimum Gasteiger partial charge on any atom is -0.479 e. The number of aliphatic carboxylic acids is 1. The second-order valence-corrected chi connectivity index (χ2v) is 10.9. The summed E-state index contributed by atoms with van der Waals surface area (Å²) in [6.07, 6.45) is 0.534. The van der Waals surface area contributed by atoms with Crippen molar-refractivity contribution in [1.29, 1.82) is 0 Å². The number of primary amides is 1. The molecule has 1 aliphatic rings. The van der Waals surface area contributed by atoms with Gasteiger partial charge in [-0.05, 0) is 36.6 Å². The Labute approximate surface area is 277 Å². The van der Waals surface area contributed by atoms with E-state index in [1.54, 1.807) is 19.2 Å². The van der Waals surface area contributed by atoms with Gasteiger partial charge in [0, 0.05) is 64.0 Å². The van der Waals surface area contributed by atoms with E-state index in [1.165, 1.54) is 17.0 Å². The fourth-order valence-electron chi connectivity index (χ4n) is 4.46. The molecule has 3 atom stereocenters. The lowest BCUT2D eigenvalue weighted by Crippen LogP contribution is -2.42. The first-order chi connectivity index (χ1) is 22.9. The highest BCUT2D eigenvalue weighted by Gasteiger charge is 2.34. The number of nitrogens with one attached hydrogen (secondary N) is 3. The van der Waals surface area contributed by atoms with E-state index in [9.17, 15) is 43.8 Å². The Kier molecular flexibility index (Phi) is 17.1. The summed E-state index contributed by atoms with van der Waals surface area (Å²) in [4.78, 5) is 82.5. The van der Waals surface area contributed by atoms with Crippen LogP contribution < -0.4 is 26.4 Å². The molecule has 1 aromatic rings. The molecule has 1 saturated heterocycles. The third-order valence-corrected chi connectivity index (χ3v) is 6.99. The van der Waals surface area contributed by atoms with Crippen LogP contribution >= 0.6 is 0 Å². The van der Waals surface area contributed by atoms with Gasteiger partial charge in [-0.2, -0.15) is 0 Å². The van der Waals surface area contributed by atoms with Crippen molar-refractivity contribution in [1.82, 2.24) is 20.9 Å². The van der Waals surface area contributed by atoms with Crippen molar-refractivity contribution >= 4 is 42.0 Å². The predicted octanol–water partition coefficient (Wildman–Crippen LogP) is -0.376. The van der Waals surface area contributed by atoms with E-state index in [0.717, 1.165) is 6.08 Å². The summed E-state index contributed by atoms with van der Waals surface area (Å²) < 4.78 is 16.1. The molecule has 1 aromatic carbocycles. The van der Waals surface area contributed by atoms with Crippen molar-refractivity contribution in [3.63, 3.8) is 0 Å². The zero-order valence-corrected chi connectivity index (χ0v) is 26.7. The molecule has 0 aliphatic carbocycles. The topological polar surface area (TPSA) is 253 Å². The molecule has 2 rings (SSSR count). The number of amides is 5. The number of nitrogens with two attached hydrogens (primary N) is 1. The number of hydrogen-bond acceptors (Lipinski definition) is 11. The Hall–Kier alpha value is -5.03. The number of carboxylic acids is 1. The number of ether oxygens (including phenoxy) is 3. The molecule has 5 amide bonds. The number of aliphatic hydroxyl groups excluding tert-OH is 1. The zero-order chi connectivity index (χ0) is 35.5. The van der Waals surface area contributed by atoms with Crippen molar-refractivity contribution < 1.29 is 58.0 Å². The summed E-state index contributed by atoms with van der Waals surface area (Å²) in [5.41, 5.74) is 6.00. The molecule has 0 aromatic heterocycles. The molecule has 0 radical (unpaired) electrons. The monoisotopic (exact) mass is 677 g/mol. The molecule has 264 valence electrons. The first kappa shape index (κ1) is 39.1. The minimum atomic E-state index is -1.25. The molecule has 3 unspecified atom stereocenters. The smallest absolute Gasteiger partial charge is 0.404 e. The maximum atomic E-state index is 12.5.